The number of ether oxygens (including phenoxy) is 1. The van der Waals surface area contributed by atoms with Crippen molar-refractivity contribution in [1.29, 1.82) is 5.26 Å². The fourth-order valence-electron chi connectivity index (χ4n) is 1.76. The number of rotatable bonds is 5. The Morgan fingerprint density at radius 1 is 1.35 bits per heavy atom. The number of esters is 1. The molecule has 0 fully saturated rings. The predicted molar refractivity (Wildman–Crippen MR) is 84.7 cm³/mol. The van der Waals surface area contributed by atoms with E-state index in [4.69, 9.17) is 4.74 Å². The summed E-state index contributed by atoms with van der Waals surface area (Å²) in [6.45, 7) is 8.30. The van der Waals surface area contributed by atoms with Gasteiger partial charge in [-0.3, -0.25) is 4.79 Å². The number of nitrogens with one attached hydrogen (secondary N) is 1. The topological polar surface area (TPSA) is 99.4 Å². The third-order valence-electron chi connectivity index (χ3n) is 3.88. The Balaban J connectivity index is 2.81. The van der Waals surface area contributed by atoms with Gasteiger partial charge in [-0.1, -0.05) is 26.0 Å². The molecule has 1 aromatic carbocycles. The van der Waals surface area contributed by atoms with Gasteiger partial charge in [0, 0.05) is 0 Å². The molecule has 2 N–H and O–H groups in total. The van der Waals surface area contributed by atoms with E-state index in [0.29, 0.717) is 5.56 Å². The normalized spacial score (nSPS) is 14.5. The van der Waals surface area contributed by atoms with E-state index in [2.05, 4.69) is 11.4 Å². The van der Waals surface area contributed by atoms with Crippen LogP contribution in [0.3, 0.4) is 0 Å². The van der Waals surface area contributed by atoms with Gasteiger partial charge in [0.25, 0.3) is 5.91 Å². The van der Waals surface area contributed by atoms with Gasteiger partial charge in [0.05, 0.1) is 6.07 Å². The first-order valence-corrected chi connectivity index (χ1v) is 7.35. The summed E-state index contributed by atoms with van der Waals surface area (Å²) in [5.74, 6) is -1.64. The highest BCUT2D eigenvalue weighted by atomic mass is 16.5. The van der Waals surface area contributed by atoms with Crippen LogP contribution in [0.1, 0.15) is 43.6 Å². The summed E-state index contributed by atoms with van der Waals surface area (Å²) in [6, 6.07) is 6.74. The van der Waals surface area contributed by atoms with Crippen LogP contribution in [0.4, 0.5) is 0 Å². The zero-order valence-electron chi connectivity index (χ0n) is 14.0. The summed E-state index contributed by atoms with van der Waals surface area (Å²) in [7, 11) is 0. The van der Waals surface area contributed by atoms with Gasteiger partial charge < -0.3 is 15.2 Å². The Kier molecular flexibility index (Phi) is 5.74. The number of carbonyl (C=O) groups is 2. The third-order valence-corrected chi connectivity index (χ3v) is 3.88. The molecule has 6 nitrogen and oxygen atoms in total. The van der Waals surface area contributed by atoms with Gasteiger partial charge >= 0.3 is 5.97 Å². The molecule has 0 aliphatic carbocycles. The maximum absolute atomic E-state index is 12.1. The molecule has 6 heteroatoms. The molecule has 2 unspecified atom stereocenters. The third kappa shape index (κ3) is 4.22. The zero-order chi connectivity index (χ0) is 17.8. The minimum atomic E-state index is -1.09. The van der Waals surface area contributed by atoms with Crippen molar-refractivity contribution >= 4 is 11.9 Å². The molecule has 0 radical (unpaired) electrons. The number of nitrogens with zero attached hydrogens (tertiary/aromatic N) is 1. The highest BCUT2D eigenvalue weighted by Gasteiger charge is 2.32. The van der Waals surface area contributed by atoms with Crippen molar-refractivity contribution < 1.29 is 19.4 Å². The lowest BCUT2D eigenvalue weighted by Crippen LogP contribution is -2.52. The molecule has 0 spiro atoms. The van der Waals surface area contributed by atoms with Gasteiger partial charge in [0.1, 0.15) is 16.9 Å². The Morgan fingerprint density at radius 2 is 1.96 bits per heavy atom. The average molecular weight is 318 g/mol. The monoisotopic (exact) mass is 318 g/mol. The fourth-order valence-corrected chi connectivity index (χ4v) is 1.76. The Morgan fingerprint density at radius 3 is 2.48 bits per heavy atom. The Bertz CT molecular complexity index is 648. The largest absolute Gasteiger partial charge is 0.507 e. The number of nitriles is 1. The second kappa shape index (κ2) is 7.14. The van der Waals surface area contributed by atoms with E-state index in [1.54, 1.807) is 26.0 Å². The van der Waals surface area contributed by atoms with Gasteiger partial charge in [0.15, 0.2) is 6.10 Å². The molecule has 0 saturated heterocycles. The number of aromatic hydroxyl groups is 1. The van der Waals surface area contributed by atoms with Crippen molar-refractivity contribution in [1.82, 2.24) is 5.32 Å². The number of para-hydroxylation sites is 1. The van der Waals surface area contributed by atoms with Crippen LogP contribution in [0.15, 0.2) is 18.2 Å². The van der Waals surface area contributed by atoms with E-state index < -0.39 is 23.5 Å². The van der Waals surface area contributed by atoms with Crippen LogP contribution < -0.4 is 5.32 Å². The lowest BCUT2D eigenvalue weighted by molar-refractivity contribution is -0.130. The number of hydrogen-bond donors (Lipinski definition) is 2. The average Bonchev–Trinajstić information content (AvgIpc) is 2.49. The fraction of sp³-hybridized carbons (Fsp3) is 0.471. The lowest BCUT2D eigenvalue weighted by atomic mass is 9.90. The molecule has 1 aromatic rings. The molecule has 0 saturated carbocycles. The smallest absolute Gasteiger partial charge is 0.342 e. The molecule has 0 aromatic heterocycles. The molecule has 23 heavy (non-hydrogen) atoms. The number of benzene rings is 1. The number of amides is 1. The van der Waals surface area contributed by atoms with E-state index in [0.717, 1.165) is 0 Å². The second-order valence-corrected chi connectivity index (χ2v) is 5.98. The molecule has 124 valence electrons. The van der Waals surface area contributed by atoms with Crippen LogP contribution in [0.25, 0.3) is 0 Å². The SMILES string of the molecule is Cc1cccc(C(=O)OC(C)C(=O)NC(C)(C#N)C(C)C)c1O. The van der Waals surface area contributed by atoms with Crippen LogP contribution in [0, 0.1) is 24.2 Å². The molecular weight excluding hydrogens is 296 g/mol. The van der Waals surface area contributed by atoms with Crippen molar-refractivity contribution in [2.45, 2.75) is 46.3 Å². The first-order chi connectivity index (χ1) is 10.6. The van der Waals surface area contributed by atoms with Gasteiger partial charge in [-0.25, -0.2) is 4.79 Å². The molecule has 0 bridgehead atoms. The summed E-state index contributed by atoms with van der Waals surface area (Å²) in [5, 5.41) is 21.7. The standard InChI is InChI=1S/C17H22N2O4/c1-10(2)17(5,9-18)19-15(21)12(4)23-16(22)13-8-6-7-11(3)14(13)20/h6-8,10,12,20H,1-5H3,(H,19,21). The van der Waals surface area contributed by atoms with Crippen molar-refractivity contribution in [2.24, 2.45) is 5.92 Å². The molecule has 2 atom stereocenters. The van der Waals surface area contributed by atoms with Gasteiger partial charge in [-0.2, -0.15) is 5.26 Å². The minimum absolute atomic E-state index is 0.00319. The van der Waals surface area contributed by atoms with Crippen LogP contribution in [-0.2, 0) is 9.53 Å². The number of carbonyl (C=O) groups excluding carboxylic acids is 2. The van der Waals surface area contributed by atoms with E-state index in [1.807, 2.05) is 13.8 Å². The summed E-state index contributed by atoms with van der Waals surface area (Å²) in [6.07, 6.45) is -1.09. The maximum Gasteiger partial charge on any atom is 0.342 e. The number of aryl methyl sites for hydroxylation is 1. The second-order valence-electron chi connectivity index (χ2n) is 5.98. The number of hydrogen-bond acceptors (Lipinski definition) is 5. The molecule has 0 aliphatic heterocycles. The highest BCUT2D eigenvalue weighted by molar-refractivity contribution is 5.95. The minimum Gasteiger partial charge on any atom is -0.507 e. The predicted octanol–water partition coefficient (Wildman–Crippen LogP) is 2.30. The van der Waals surface area contributed by atoms with Crippen molar-refractivity contribution in [3.63, 3.8) is 0 Å². The molecule has 1 rings (SSSR count). The van der Waals surface area contributed by atoms with Crippen molar-refractivity contribution in [3.05, 3.63) is 29.3 Å². The van der Waals surface area contributed by atoms with Gasteiger partial charge in [-0.05, 0) is 38.3 Å². The molecule has 0 heterocycles. The van der Waals surface area contributed by atoms with Crippen LogP contribution >= 0.6 is 0 Å². The number of phenolic OH excluding ortho intramolecular Hbond substituents is 1. The molecule has 1 amide bonds. The molecule has 0 aliphatic rings. The maximum atomic E-state index is 12.1. The van der Waals surface area contributed by atoms with E-state index in [-0.39, 0.29) is 17.2 Å². The van der Waals surface area contributed by atoms with E-state index in [9.17, 15) is 20.0 Å². The van der Waals surface area contributed by atoms with Crippen LogP contribution in [-0.4, -0.2) is 28.6 Å². The highest BCUT2D eigenvalue weighted by Crippen LogP contribution is 2.22. The van der Waals surface area contributed by atoms with Gasteiger partial charge in [0.2, 0.25) is 0 Å². The van der Waals surface area contributed by atoms with E-state index >= 15 is 0 Å². The van der Waals surface area contributed by atoms with Crippen molar-refractivity contribution in [2.75, 3.05) is 0 Å². The lowest BCUT2D eigenvalue weighted by Gasteiger charge is -2.28. The van der Waals surface area contributed by atoms with Gasteiger partial charge in [-0.15, -0.1) is 0 Å². The molecular formula is C17H22N2O4. The summed E-state index contributed by atoms with van der Waals surface area (Å²) in [4.78, 5) is 24.2. The quantitative estimate of drug-likeness (QED) is 0.812. The Hall–Kier alpha value is -2.55. The Labute approximate surface area is 136 Å². The summed E-state index contributed by atoms with van der Waals surface area (Å²) in [5.41, 5.74) is -0.520. The van der Waals surface area contributed by atoms with Crippen LogP contribution in [0.2, 0.25) is 0 Å². The van der Waals surface area contributed by atoms with Crippen LogP contribution in [0.5, 0.6) is 5.75 Å². The summed E-state index contributed by atoms with van der Waals surface area (Å²) >= 11 is 0. The first kappa shape index (κ1) is 18.5. The zero-order valence-corrected chi connectivity index (χ0v) is 14.0. The summed E-state index contributed by atoms with van der Waals surface area (Å²) < 4.78 is 5.08. The first-order valence-electron chi connectivity index (χ1n) is 7.35. The number of phenols is 1. The van der Waals surface area contributed by atoms with Crippen molar-refractivity contribution in [3.8, 4) is 11.8 Å². The van der Waals surface area contributed by atoms with E-state index in [1.165, 1.54) is 13.0 Å².